The maximum atomic E-state index is 12.0. The van der Waals surface area contributed by atoms with E-state index in [1.54, 1.807) is 0 Å². The number of benzene rings is 1. The number of hydrogen-bond donors (Lipinski definition) is 3. The zero-order valence-electron chi connectivity index (χ0n) is 8.23. The van der Waals surface area contributed by atoms with Crippen molar-refractivity contribution in [2.24, 2.45) is 5.73 Å². The molecule has 0 aliphatic carbocycles. The second-order valence-corrected chi connectivity index (χ2v) is 3.04. The van der Waals surface area contributed by atoms with Crippen molar-refractivity contribution in [3.63, 3.8) is 0 Å². The smallest absolute Gasteiger partial charge is 0.423 e. The van der Waals surface area contributed by atoms with Gasteiger partial charge in [0.2, 0.25) is 5.91 Å². The summed E-state index contributed by atoms with van der Waals surface area (Å²) in [5.74, 6) is -1.72. The normalized spacial score (nSPS) is 11.1. The minimum atomic E-state index is -4.97. The molecule has 1 aromatic rings. The van der Waals surface area contributed by atoms with Gasteiger partial charge in [0.1, 0.15) is 5.75 Å². The highest BCUT2D eigenvalue weighted by atomic mass is 19.4. The van der Waals surface area contributed by atoms with Gasteiger partial charge in [-0.15, -0.1) is 13.2 Å². The summed E-state index contributed by atoms with van der Waals surface area (Å²) < 4.78 is 39.5. The van der Waals surface area contributed by atoms with Gasteiger partial charge in [-0.2, -0.15) is 0 Å². The molecular weight excluding hydrogens is 242 g/mol. The molecule has 17 heavy (non-hydrogen) atoms. The van der Waals surface area contributed by atoms with Gasteiger partial charge in [-0.05, 0) is 18.2 Å². The number of halogens is 3. The molecule has 1 rings (SSSR count). The first-order valence-corrected chi connectivity index (χ1v) is 4.26. The summed E-state index contributed by atoms with van der Waals surface area (Å²) in [5, 5.41) is 17.7. The lowest BCUT2D eigenvalue weighted by Crippen LogP contribution is -2.34. The molecule has 0 aliphatic heterocycles. The number of carbonyl (C=O) groups is 1. The van der Waals surface area contributed by atoms with Gasteiger partial charge in [0.05, 0.1) is 0 Å². The number of nitrogens with two attached hydrogens (primary N) is 1. The lowest BCUT2D eigenvalue weighted by Gasteiger charge is -2.13. The highest BCUT2D eigenvalue weighted by Gasteiger charge is 2.33. The minimum Gasteiger partial charge on any atom is -0.423 e. The van der Waals surface area contributed by atoms with Crippen molar-refractivity contribution < 1.29 is 32.8 Å². The standard InChI is InChI=1S/C8H7BF3NO4/c10-8(11,12)17-6-2-1-4(7(13)14)3-5(6)9(15)16/h1-3,15-16H,(H2,13,14). The van der Waals surface area contributed by atoms with Crippen LogP contribution in [0.4, 0.5) is 13.2 Å². The number of rotatable bonds is 3. The Morgan fingerprint density at radius 3 is 2.35 bits per heavy atom. The molecule has 4 N–H and O–H groups in total. The third-order valence-corrected chi connectivity index (χ3v) is 1.80. The molecule has 1 amide bonds. The quantitative estimate of drug-likeness (QED) is 0.621. The zero-order valence-corrected chi connectivity index (χ0v) is 8.23. The highest BCUT2D eigenvalue weighted by Crippen LogP contribution is 2.21. The maximum Gasteiger partial charge on any atom is 0.573 e. The molecule has 0 saturated heterocycles. The first-order valence-electron chi connectivity index (χ1n) is 4.26. The topological polar surface area (TPSA) is 92.8 Å². The lowest BCUT2D eigenvalue weighted by atomic mass is 9.78. The molecule has 0 fully saturated rings. The molecule has 5 nitrogen and oxygen atoms in total. The fourth-order valence-corrected chi connectivity index (χ4v) is 1.12. The summed E-state index contributed by atoms with van der Waals surface area (Å²) in [6.45, 7) is 0. The molecular formula is C8H7BF3NO4. The molecule has 1 aromatic carbocycles. The van der Waals surface area contributed by atoms with E-state index in [1.165, 1.54) is 0 Å². The van der Waals surface area contributed by atoms with E-state index in [4.69, 9.17) is 15.8 Å². The molecule has 0 heterocycles. The van der Waals surface area contributed by atoms with Gasteiger partial charge < -0.3 is 20.5 Å². The molecule has 0 bridgehead atoms. The summed E-state index contributed by atoms with van der Waals surface area (Å²) in [7, 11) is -2.22. The Kier molecular flexibility index (Phi) is 3.64. The highest BCUT2D eigenvalue weighted by molar-refractivity contribution is 6.59. The fourth-order valence-electron chi connectivity index (χ4n) is 1.12. The minimum absolute atomic E-state index is 0.164. The van der Waals surface area contributed by atoms with Crippen molar-refractivity contribution >= 4 is 18.5 Å². The monoisotopic (exact) mass is 249 g/mol. The van der Waals surface area contributed by atoms with Crippen LogP contribution in [0.5, 0.6) is 5.75 Å². The van der Waals surface area contributed by atoms with Crippen molar-refractivity contribution in [3.8, 4) is 5.75 Å². The molecule has 92 valence electrons. The van der Waals surface area contributed by atoms with Crippen LogP contribution >= 0.6 is 0 Å². The zero-order chi connectivity index (χ0) is 13.2. The van der Waals surface area contributed by atoms with E-state index in [0.29, 0.717) is 0 Å². The SMILES string of the molecule is NC(=O)c1ccc(OC(F)(F)F)c(B(O)O)c1. The molecule has 0 aliphatic rings. The average molecular weight is 249 g/mol. The first-order chi connectivity index (χ1) is 7.70. The van der Waals surface area contributed by atoms with Crippen LogP contribution in [0, 0.1) is 0 Å². The van der Waals surface area contributed by atoms with E-state index in [-0.39, 0.29) is 5.56 Å². The maximum absolute atomic E-state index is 12.0. The van der Waals surface area contributed by atoms with Crippen LogP contribution in [0.1, 0.15) is 10.4 Å². The second-order valence-electron chi connectivity index (χ2n) is 3.04. The van der Waals surface area contributed by atoms with E-state index >= 15 is 0 Å². The van der Waals surface area contributed by atoms with Gasteiger partial charge in [-0.3, -0.25) is 4.79 Å². The molecule has 0 spiro atoms. The van der Waals surface area contributed by atoms with Crippen LogP contribution < -0.4 is 15.9 Å². The van der Waals surface area contributed by atoms with Gasteiger partial charge in [-0.25, -0.2) is 0 Å². The van der Waals surface area contributed by atoms with E-state index in [9.17, 15) is 18.0 Å². The Labute approximate surface area is 93.8 Å². The van der Waals surface area contributed by atoms with Gasteiger partial charge in [-0.1, -0.05) is 0 Å². The predicted molar refractivity (Wildman–Crippen MR) is 51.5 cm³/mol. The van der Waals surface area contributed by atoms with Crippen molar-refractivity contribution in [2.45, 2.75) is 6.36 Å². The fraction of sp³-hybridized carbons (Fsp3) is 0.125. The van der Waals surface area contributed by atoms with E-state index < -0.39 is 30.6 Å². The van der Waals surface area contributed by atoms with Gasteiger partial charge in [0.25, 0.3) is 0 Å². The summed E-state index contributed by atoms with van der Waals surface area (Å²) in [4.78, 5) is 10.8. The van der Waals surface area contributed by atoms with Crippen LogP contribution in [-0.4, -0.2) is 29.4 Å². The van der Waals surface area contributed by atoms with Crippen LogP contribution in [0.2, 0.25) is 0 Å². The summed E-state index contributed by atoms with van der Waals surface area (Å²) in [6, 6.07) is 2.58. The molecule has 0 aromatic heterocycles. The van der Waals surface area contributed by atoms with Crippen molar-refractivity contribution in [1.82, 2.24) is 0 Å². The number of amides is 1. The largest absolute Gasteiger partial charge is 0.573 e. The molecule has 0 radical (unpaired) electrons. The van der Waals surface area contributed by atoms with Crippen LogP contribution in [0.25, 0.3) is 0 Å². The summed E-state index contributed by atoms with van der Waals surface area (Å²) >= 11 is 0. The van der Waals surface area contributed by atoms with Crippen LogP contribution in [0.3, 0.4) is 0 Å². The number of ether oxygens (including phenoxy) is 1. The Balaban J connectivity index is 3.18. The number of carbonyl (C=O) groups excluding carboxylic acids is 1. The van der Waals surface area contributed by atoms with E-state index in [1.807, 2.05) is 0 Å². The van der Waals surface area contributed by atoms with Gasteiger partial charge in [0.15, 0.2) is 0 Å². The molecule has 0 atom stereocenters. The molecule has 0 unspecified atom stereocenters. The first kappa shape index (κ1) is 13.3. The van der Waals surface area contributed by atoms with Gasteiger partial charge >= 0.3 is 13.5 Å². The Morgan fingerprint density at radius 2 is 1.94 bits per heavy atom. The summed E-state index contributed by atoms with van der Waals surface area (Å²) in [6.07, 6.45) is -4.97. The number of primary amides is 1. The van der Waals surface area contributed by atoms with Crippen molar-refractivity contribution in [1.29, 1.82) is 0 Å². The van der Waals surface area contributed by atoms with Crippen LogP contribution in [0.15, 0.2) is 18.2 Å². The average Bonchev–Trinajstić information content (AvgIpc) is 2.14. The van der Waals surface area contributed by atoms with Gasteiger partial charge in [0, 0.05) is 11.0 Å². The van der Waals surface area contributed by atoms with Crippen molar-refractivity contribution in [3.05, 3.63) is 23.8 Å². The third kappa shape index (κ3) is 3.64. The van der Waals surface area contributed by atoms with E-state index in [2.05, 4.69) is 4.74 Å². The lowest BCUT2D eigenvalue weighted by molar-refractivity contribution is -0.274. The predicted octanol–water partition coefficient (Wildman–Crippen LogP) is -0.636. The van der Waals surface area contributed by atoms with Crippen molar-refractivity contribution in [2.75, 3.05) is 0 Å². The summed E-state index contributed by atoms with van der Waals surface area (Å²) in [5.41, 5.74) is 4.13. The number of alkyl halides is 3. The Morgan fingerprint density at radius 1 is 1.35 bits per heavy atom. The second kappa shape index (κ2) is 4.64. The molecule has 0 saturated carbocycles. The number of hydrogen-bond acceptors (Lipinski definition) is 4. The Hall–Kier alpha value is -1.74. The molecule has 9 heteroatoms. The Bertz CT molecular complexity index is 435. The van der Waals surface area contributed by atoms with Crippen LogP contribution in [-0.2, 0) is 0 Å². The van der Waals surface area contributed by atoms with E-state index in [0.717, 1.165) is 18.2 Å². The third-order valence-electron chi connectivity index (χ3n) is 1.80.